The minimum atomic E-state index is -0.108. The third-order valence-corrected chi connectivity index (χ3v) is 6.62. The van der Waals surface area contributed by atoms with Crippen molar-refractivity contribution in [1.82, 2.24) is 23.8 Å². The van der Waals surface area contributed by atoms with Crippen molar-refractivity contribution in [3.8, 4) is 11.1 Å². The van der Waals surface area contributed by atoms with Crippen molar-refractivity contribution in [2.75, 3.05) is 0 Å². The summed E-state index contributed by atoms with van der Waals surface area (Å²) in [6, 6.07) is 6.19. The Morgan fingerprint density at radius 2 is 1.82 bits per heavy atom. The number of aryl methyl sites for hydroxylation is 4. The van der Waals surface area contributed by atoms with Crippen LogP contribution in [0.3, 0.4) is 0 Å². The third-order valence-electron chi connectivity index (χ3n) is 6.62. The van der Waals surface area contributed by atoms with Gasteiger partial charge in [-0.3, -0.25) is 14.1 Å². The van der Waals surface area contributed by atoms with Crippen LogP contribution in [0.4, 0.5) is 0 Å². The molecule has 0 radical (unpaired) electrons. The van der Waals surface area contributed by atoms with Gasteiger partial charge < -0.3 is 9.09 Å². The standard InChI is InChI=1S/C26H29N5O2/c1-14(2)30-25-21-10-15(3)20(24-16(4)28-33-18(24)6)11-22(21)27-12-23(25)31(26(30)32)17(5)19-8-9-29(7)13-19/h8-14,17H,1-7H3. The van der Waals surface area contributed by atoms with Crippen LogP contribution in [0.15, 0.2) is 46.1 Å². The molecule has 0 bridgehead atoms. The number of nitrogens with zero attached hydrogens (tertiary/aromatic N) is 5. The van der Waals surface area contributed by atoms with E-state index < -0.39 is 0 Å². The third kappa shape index (κ3) is 3.14. The molecule has 4 aromatic heterocycles. The molecule has 0 amide bonds. The molecule has 1 aromatic carbocycles. The molecule has 1 unspecified atom stereocenters. The first kappa shape index (κ1) is 21.2. The summed E-state index contributed by atoms with van der Waals surface area (Å²) in [4.78, 5) is 18.5. The highest BCUT2D eigenvalue weighted by molar-refractivity contribution is 6.04. The number of fused-ring (bicyclic) bond motifs is 3. The summed E-state index contributed by atoms with van der Waals surface area (Å²) in [6.07, 6.45) is 5.90. The zero-order chi connectivity index (χ0) is 23.6. The van der Waals surface area contributed by atoms with Gasteiger partial charge in [0, 0.05) is 36.4 Å². The SMILES string of the molecule is Cc1cc2c(cc1-c1c(C)noc1C)ncc1c2n(C(C)C)c(=O)n1C(C)c1ccn(C)c1. The molecule has 4 heterocycles. The normalized spacial score (nSPS) is 13.0. The molecular weight excluding hydrogens is 414 g/mol. The Balaban J connectivity index is 1.83. The molecule has 7 heteroatoms. The molecule has 0 aliphatic rings. The second-order valence-corrected chi connectivity index (χ2v) is 9.28. The van der Waals surface area contributed by atoms with E-state index in [9.17, 15) is 4.79 Å². The molecule has 170 valence electrons. The van der Waals surface area contributed by atoms with Gasteiger partial charge in [0.15, 0.2) is 0 Å². The van der Waals surface area contributed by atoms with E-state index in [1.54, 1.807) is 0 Å². The Kier molecular flexibility index (Phi) is 4.81. The molecule has 0 aliphatic carbocycles. The summed E-state index contributed by atoms with van der Waals surface area (Å²) in [5.74, 6) is 0.790. The maximum Gasteiger partial charge on any atom is 0.329 e. The highest BCUT2D eigenvalue weighted by atomic mass is 16.5. The topological polar surface area (TPSA) is 70.8 Å². The van der Waals surface area contributed by atoms with Crippen molar-refractivity contribution in [1.29, 1.82) is 0 Å². The summed E-state index contributed by atoms with van der Waals surface area (Å²) < 4.78 is 11.2. The Bertz CT molecular complexity index is 1560. The lowest BCUT2D eigenvalue weighted by atomic mass is 9.96. The van der Waals surface area contributed by atoms with Crippen LogP contribution in [0, 0.1) is 20.8 Å². The summed E-state index contributed by atoms with van der Waals surface area (Å²) in [5.41, 5.74) is 7.72. The highest BCUT2D eigenvalue weighted by Crippen LogP contribution is 2.35. The van der Waals surface area contributed by atoms with Crippen LogP contribution in [-0.4, -0.2) is 23.8 Å². The molecule has 33 heavy (non-hydrogen) atoms. The number of rotatable bonds is 4. The van der Waals surface area contributed by atoms with E-state index >= 15 is 0 Å². The van der Waals surface area contributed by atoms with Gasteiger partial charge in [0.25, 0.3) is 0 Å². The van der Waals surface area contributed by atoms with Gasteiger partial charge >= 0.3 is 5.69 Å². The van der Waals surface area contributed by atoms with Crippen LogP contribution in [0.1, 0.15) is 55.4 Å². The second kappa shape index (κ2) is 7.47. The van der Waals surface area contributed by atoms with Crippen molar-refractivity contribution in [2.24, 2.45) is 7.05 Å². The zero-order valence-electron chi connectivity index (χ0n) is 20.2. The quantitative estimate of drug-likeness (QED) is 0.370. The van der Waals surface area contributed by atoms with E-state index in [0.717, 1.165) is 55.6 Å². The van der Waals surface area contributed by atoms with Gasteiger partial charge in [-0.1, -0.05) is 5.16 Å². The molecule has 0 saturated heterocycles. The first-order chi connectivity index (χ1) is 15.7. The van der Waals surface area contributed by atoms with Gasteiger partial charge in [-0.2, -0.15) is 0 Å². The molecule has 1 atom stereocenters. The highest BCUT2D eigenvalue weighted by Gasteiger charge is 2.24. The van der Waals surface area contributed by atoms with E-state index in [0.29, 0.717) is 0 Å². The van der Waals surface area contributed by atoms with Crippen LogP contribution >= 0.6 is 0 Å². The van der Waals surface area contributed by atoms with E-state index in [4.69, 9.17) is 9.51 Å². The average molecular weight is 444 g/mol. The Hall–Kier alpha value is -3.61. The van der Waals surface area contributed by atoms with E-state index in [1.807, 2.05) is 47.0 Å². The molecule has 0 fully saturated rings. The molecule has 5 aromatic rings. The second-order valence-electron chi connectivity index (χ2n) is 9.28. The van der Waals surface area contributed by atoms with Gasteiger partial charge in [-0.05, 0) is 76.4 Å². The summed E-state index contributed by atoms with van der Waals surface area (Å²) in [6.45, 7) is 12.1. The maximum atomic E-state index is 13.7. The fourth-order valence-corrected chi connectivity index (χ4v) is 4.98. The molecule has 0 saturated carbocycles. The number of imidazole rings is 1. The summed E-state index contributed by atoms with van der Waals surface area (Å²) in [5, 5.41) is 5.10. The van der Waals surface area contributed by atoms with Crippen molar-refractivity contribution in [3.63, 3.8) is 0 Å². The first-order valence-electron chi connectivity index (χ1n) is 11.3. The van der Waals surface area contributed by atoms with Gasteiger partial charge in [0.1, 0.15) is 5.76 Å². The Labute approximate surface area is 192 Å². The van der Waals surface area contributed by atoms with Gasteiger partial charge in [0.05, 0.1) is 34.5 Å². The minimum Gasteiger partial charge on any atom is -0.361 e. The molecule has 0 spiro atoms. The lowest BCUT2D eigenvalue weighted by Crippen LogP contribution is -2.27. The lowest BCUT2D eigenvalue weighted by molar-refractivity contribution is 0.393. The van der Waals surface area contributed by atoms with Crippen molar-refractivity contribution < 1.29 is 4.52 Å². The van der Waals surface area contributed by atoms with E-state index in [-0.39, 0.29) is 17.8 Å². The predicted octanol–water partition coefficient (Wildman–Crippen LogP) is 5.46. The summed E-state index contributed by atoms with van der Waals surface area (Å²) >= 11 is 0. The fourth-order valence-electron chi connectivity index (χ4n) is 4.98. The van der Waals surface area contributed by atoms with Crippen molar-refractivity contribution in [2.45, 2.75) is 53.6 Å². The van der Waals surface area contributed by atoms with Gasteiger partial charge in [-0.15, -0.1) is 0 Å². The fraction of sp³-hybridized carbons (Fsp3) is 0.346. The van der Waals surface area contributed by atoms with Crippen LogP contribution in [-0.2, 0) is 7.05 Å². The smallest absolute Gasteiger partial charge is 0.329 e. The monoisotopic (exact) mass is 443 g/mol. The van der Waals surface area contributed by atoms with Gasteiger partial charge in [0.2, 0.25) is 0 Å². The Morgan fingerprint density at radius 1 is 1.06 bits per heavy atom. The van der Waals surface area contributed by atoms with E-state index in [1.165, 1.54) is 0 Å². The molecular formula is C26H29N5O2. The number of aromatic nitrogens is 5. The maximum absolute atomic E-state index is 13.7. The van der Waals surface area contributed by atoms with Crippen molar-refractivity contribution in [3.05, 3.63) is 69.9 Å². The average Bonchev–Trinajstić information content (AvgIpc) is 3.42. The van der Waals surface area contributed by atoms with Crippen LogP contribution in [0.5, 0.6) is 0 Å². The first-order valence-corrected chi connectivity index (χ1v) is 11.3. The number of benzene rings is 1. The lowest BCUT2D eigenvalue weighted by Gasteiger charge is -2.13. The molecule has 5 rings (SSSR count). The van der Waals surface area contributed by atoms with Crippen molar-refractivity contribution >= 4 is 21.9 Å². The molecule has 0 aliphatic heterocycles. The number of hydrogen-bond acceptors (Lipinski definition) is 4. The van der Waals surface area contributed by atoms with Crippen LogP contribution < -0.4 is 5.69 Å². The molecule has 0 N–H and O–H groups in total. The number of hydrogen-bond donors (Lipinski definition) is 0. The minimum absolute atomic E-state index is 0.0115. The number of pyridine rings is 1. The van der Waals surface area contributed by atoms with Gasteiger partial charge in [-0.25, -0.2) is 4.79 Å². The van der Waals surface area contributed by atoms with E-state index in [2.05, 4.69) is 57.2 Å². The Morgan fingerprint density at radius 3 is 2.42 bits per heavy atom. The predicted molar refractivity (Wildman–Crippen MR) is 131 cm³/mol. The van der Waals surface area contributed by atoms with Crippen LogP contribution in [0.25, 0.3) is 33.1 Å². The zero-order valence-corrected chi connectivity index (χ0v) is 20.2. The molecule has 7 nitrogen and oxygen atoms in total. The largest absolute Gasteiger partial charge is 0.361 e. The van der Waals surface area contributed by atoms with Crippen LogP contribution in [0.2, 0.25) is 0 Å². The summed E-state index contributed by atoms with van der Waals surface area (Å²) in [7, 11) is 1.99.